The van der Waals surface area contributed by atoms with E-state index in [0.717, 1.165) is 26.2 Å². The van der Waals surface area contributed by atoms with Crippen LogP contribution in [0.15, 0.2) is 0 Å². The van der Waals surface area contributed by atoms with Crippen molar-refractivity contribution < 1.29 is 0 Å². The van der Waals surface area contributed by atoms with Crippen LogP contribution in [0.3, 0.4) is 0 Å². The molecule has 1 aromatic rings. The van der Waals surface area contributed by atoms with Crippen LogP contribution >= 0.6 is 0 Å². The van der Waals surface area contributed by atoms with E-state index in [0.29, 0.717) is 6.04 Å². The van der Waals surface area contributed by atoms with Crippen molar-refractivity contribution >= 4 is 0 Å². The maximum atomic E-state index is 4.47. The fourth-order valence-electron chi connectivity index (χ4n) is 2.43. The van der Waals surface area contributed by atoms with Crippen LogP contribution in [0.1, 0.15) is 23.9 Å². The molecule has 1 N–H and O–H groups in total. The summed E-state index contributed by atoms with van der Waals surface area (Å²) in [6.07, 6.45) is 0. The third-order valence-corrected chi connectivity index (χ3v) is 3.49. The fourth-order valence-corrected chi connectivity index (χ4v) is 2.43. The van der Waals surface area contributed by atoms with Crippen LogP contribution in [0.25, 0.3) is 0 Å². The van der Waals surface area contributed by atoms with Gasteiger partial charge in [0.05, 0.1) is 5.69 Å². The van der Waals surface area contributed by atoms with Crippen molar-refractivity contribution in [3.8, 4) is 0 Å². The van der Waals surface area contributed by atoms with E-state index < -0.39 is 0 Å². The molecule has 16 heavy (non-hydrogen) atoms. The molecule has 1 aliphatic rings. The highest BCUT2D eigenvalue weighted by molar-refractivity contribution is 5.24. The molecule has 2 rings (SSSR count). The lowest BCUT2D eigenvalue weighted by Gasteiger charge is -2.31. The third kappa shape index (κ3) is 2.28. The molecule has 1 fully saturated rings. The van der Waals surface area contributed by atoms with Crippen LogP contribution in [0.2, 0.25) is 0 Å². The Hall–Kier alpha value is -0.870. The summed E-state index contributed by atoms with van der Waals surface area (Å²) in [6.45, 7) is 10.9. The molecule has 4 nitrogen and oxygen atoms in total. The number of aromatic nitrogens is 2. The highest BCUT2D eigenvalue weighted by Crippen LogP contribution is 2.15. The minimum atomic E-state index is 0.603. The zero-order chi connectivity index (χ0) is 11.7. The summed E-state index contributed by atoms with van der Waals surface area (Å²) in [7, 11) is 2.02. The molecule has 2 heterocycles. The van der Waals surface area contributed by atoms with Gasteiger partial charge in [0.1, 0.15) is 0 Å². The molecule has 1 aromatic heterocycles. The molecule has 0 radical (unpaired) electrons. The number of hydrogen-bond donors (Lipinski definition) is 1. The van der Waals surface area contributed by atoms with Crippen molar-refractivity contribution in [1.82, 2.24) is 20.0 Å². The van der Waals surface area contributed by atoms with Gasteiger partial charge in [0.25, 0.3) is 0 Å². The fraction of sp³-hybridized carbons (Fsp3) is 0.750. The standard InChI is InChI=1S/C12H22N4/c1-9-7-16(6-5-13-9)8-12-10(2)14-15(4)11(12)3/h9,13H,5-8H2,1-4H3/t9-/m0/s1. The Morgan fingerprint density at radius 2 is 2.19 bits per heavy atom. The summed E-state index contributed by atoms with van der Waals surface area (Å²) < 4.78 is 1.98. The minimum Gasteiger partial charge on any atom is -0.312 e. The van der Waals surface area contributed by atoms with E-state index in [4.69, 9.17) is 0 Å². The van der Waals surface area contributed by atoms with E-state index in [1.165, 1.54) is 17.0 Å². The number of hydrogen-bond acceptors (Lipinski definition) is 3. The molecule has 0 spiro atoms. The van der Waals surface area contributed by atoms with Gasteiger partial charge >= 0.3 is 0 Å². The molecule has 1 saturated heterocycles. The highest BCUT2D eigenvalue weighted by atomic mass is 15.3. The number of aryl methyl sites for hydroxylation is 2. The second-order valence-electron chi connectivity index (χ2n) is 4.86. The quantitative estimate of drug-likeness (QED) is 0.804. The molecule has 0 aromatic carbocycles. The Bertz CT molecular complexity index is 369. The summed E-state index contributed by atoms with van der Waals surface area (Å²) in [6, 6.07) is 0.603. The van der Waals surface area contributed by atoms with E-state index in [9.17, 15) is 0 Å². The van der Waals surface area contributed by atoms with Crippen LogP contribution in [0.4, 0.5) is 0 Å². The van der Waals surface area contributed by atoms with Gasteiger partial charge < -0.3 is 5.32 Å². The summed E-state index contributed by atoms with van der Waals surface area (Å²) >= 11 is 0. The van der Waals surface area contributed by atoms with Crippen LogP contribution in [-0.2, 0) is 13.6 Å². The van der Waals surface area contributed by atoms with E-state index in [2.05, 4.69) is 36.1 Å². The molecule has 1 aliphatic heterocycles. The second-order valence-corrected chi connectivity index (χ2v) is 4.86. The molecular weight excluding hydrogens is 200 g/mol. The van der Waals surface area contributed by atoms with Crippen LogP contribution in [-0.4, -0.2) is 40.4 Å². The van der Waals surface area contributed by atoms with Crippen molar-refractivity contribution in [3.63, 3.8) is 0 Å². The monoisotopic (exact) mass is 222 g/mol. The predicted molar refractivity (Wildman–Crippen MR) is 65.4 cm³/mol. The maximum absolute atomic E-state index is 4.47. The van der Waals surface area contributed by atoms with Gasteiger partial charge in [-0.25, -0.2) is 0 Å². The first-order valence-electron chi connectivity index (χ1n) is 6.02. The Morgan fingerprint density at radius 3 is 2.75 bits per heavy atom. The number of nitrogens with zero attached hydrogens (tertiary/aromatic N) is 3. The molecule has 0 saturated carbocycles. The van der Waals surface area contributed by atoms with Gasteiger partial charge in [0.15, 0.2) is 0 Å². The zero-order valence-electron chi connectivity index (χ0n) is 10.7. The minimum absolute atomic E-state index is 0.603. The van der Waals surface area contributed by atoms with Crippen molar-refractivity contribution in [2.24, 2.45) is 7.05 Å². The van der Waals surface area contributed by atoms with Crippen LogP contribution in [0.5, 0.6) is 0 Å². The Labute approximate surface area is 97.6 Å². The van der Waals surface area contributed by atoms with Gasteiger partial charge in [0, 0.05) is 50.5 Å². The van der Waals surface area contributed by atoms with Crippen molar-refractivity contribution in [2.75, 3.05) is 19.6 Å². The molecule has 0 bridgehead atoms. The SMILES string of the molecule is Cc1nn(C)c(C)c1CN1CCN[C@@H](C)C1. The number of nitrogens with one attached hydrogen (secondary N) is 1. The lowest BCUT2D eigenvalue weighted by atomic mass is 10.1. The second kappa shape index (κ2) is 4.55. The number of rotatable bonds is 2. The Kier molecular flexibility index (Phi) is 3.30. The predicted octanol–water partition coefficient (Wildman–Crippen LogP) is 0.831. The van der Waals surface area contributed by atoms with E-state index in [-0.39, 0.29) is 0 Å². The molecule has 0 unspecified atom stereocenters. The summed E-state index contributed by atoms with van der Waals surface area (Å²) in [4.78, 5) is 2.51. The smallest absolute Gasteiger partial charge is 0.0641 e. The Morgan fingerprint density at radius 1 is 1.44 bits per heavy atom. The first-order chi connectivity index (χ1) is 7.58. The molecular formula is C12H22N4. The molecule has 0 aliphatic carbocycles. The maximum Gasteiger partial charge on any atom is 0.0641 e. The molecule has 1 atom stereocenters. The van der Waals surface area contributed by atoms with Crippen LogP contribution < -0.4 is 5.32 Å². The van der Waals surface area contributed by atoms with E-state index in [1.807, 2.05) is 11.7 Å². The normalized spacial score (nSPS) is 22.6. The highest BCUT2D eigenvalue weighted by Gasteiger charge is 2.18. The van der Waals surface area contributed by atoms with Crippen molar-refractivity contribution in [1.29, 1.82) is 0 Å². The largest absolute Gasteiger partial charge is 0.312 e. The topological polar surface area (TPSA) is 33.1 Å². The van der Waals surface area contributed by atoms with Gasteiger partial charge in [-0.1, -0.05) is 0 Å². The summed E-state index contributed by atoms with van der Waals surface area (Å²) in [5.41, 5.74) is 3.87. The van der Waals surface area contributed by atoms with E-state index in [1.54, 1.807) is 0 Å². The summed E-state index contributed by atoms with van der Waals surface area (Å²) in [5.74, 6) is 0. The van der Waals surface area contributed by atoms with Gasteiger partial charge in [-0.2, -0.15) is 5.10 Å². The number of piperazine rings is 1. The van der Waals surface area contributed by atoms with Crippen molar-refractivity contribution in [3.05, 3.63) is 17.0 Å². The van der Waals surface area contributed by atoms with Crippen LogP contribution in [0, 0.1) is 13.8 Å². The average Bonchev–Trinajstić information content (AvgIpc) is 2.45. The Balaban J connectivity index is 2.08. The van der Waals surface area contributed by atoms with Crippen molar-refractivity contribution in [2.45, 2.75) is 33.4 Å². The lowest BCUT2D eigenvalue weighted by molar-refractivity contribution is 0.199. The summed E-state index contributed by atoms with van der Waals surface area (Å²) in [5, 5.41) is 7.94. The third-order valence-electron chi connectivity index (χ3n) is 3.49. The van der Waals surface area contributed by atoms with Gasteiger partial charge in [-0.15, -0.1) is 0 Å². The van der Waals surface area contributed by atoms with Gasteiger partial charge in [-0.3, -0.25) is 9.58 Å². The molecule has 90 valence electrons. The molecule has 4 heteroatoms. The molecule has 0 amide bonds. The van der Waals surface area contributed by atoms with E-state index >= 15 is 0 Å². The average molecular weight is 222 g/mol. The van der Waals surface area contributed by atoms with Gasteiger partial charge in [0.2, 0.25) is 0 Å². The lowest BCUT2D eigenvalue weighted by Crippen LogP contribution is -2.48. The first-order valence-corrected chi connectivity index (χ1v) is 6.02. The first kappa shape index (κ1) is 11.6. The van der Waals surface area contributed by atoms with Gasteiger partial charge in [-0.05, 0) is 20.8 Å². The zero-order valence-corrected chi connectivity index (χ0v) is 10.7.